The van der Waals surface area contributed by atoms with Gasteiger partial charge in [0, 0.05) is 23.1 Å². The van der Waals surface area contributed by atoms with Crippen LogP contribution in [0.3, 0.4) is 0 Å². The largest absolute Gasteiger partial charge is 0.368 e. The summed E-state index contributed by atoms with van der Waals surface area (Å²) in [6.45, 7) is -0.344. The van der Waals surface area contributed by atoms with Gasteiger partial charge in [0.05, 0.1) is 30.5 Å². The number of carbonyl (C=O) groups excluding carboxylic acids is 2. The van der Waals surface area contributed by atoms with Crippen LogP contribution in [-0.2, 0) is 16.0 Å². The Labute approximate surface area is 210 Å². The second-order valence-corrected chi connectivity index (χ2v) is 8.50. The minimum absolute atomic E-state index is 0.210. The monoisotopic (exact) mass is 513 g/mol. The van der Waals surface area contributed by atoms with Crippen molar-refractivity contribution in [1.82, 2.24) is 25.8 Å². The van der Waals surface area contributed by atoms with E-state index in [2.05, 4.69) is 21.3 Å². The normalized spacial score (nSPS) is 13.7. The smallest absolute Gasteiger partial charge is 0.254 e. The molecule has 0 aliphatic carbocycles. The summed E-state index contributed by atoms with van der Waals surface area (Å²) in [5.74, 6) is -1.22. The highest BCUT2D eigenvalue weighted by Gasteiger charge is 2.24. The maximum atomic E-state index is 13.2. The zero-order valence-corrected chi connectivity index (χ0v) is 19.8. The lowest BCUT2D eigenvalue weighted by Crippen LogP contribution is -2.41. The van der Waals surface area contributed by atoms with Gasteiger partial charge < -0.3 is 11.1 Å². The van der Waals surface area contributed by atoms with Crippen LogP contribution in [0.5, 0.6) is 0 Å². The minimum atomic E-state index is -0.948. The lowest BCUT2D eigenvalue weighted by atomic mass is 10.0. The van der Waals surface area contributed by atoms with Crippen molar-refractivity contribution < 1.29 is 9.59 Å². The summed E-state index contributed by atoms with van der Waals surface area (Å²) in [6.07, 6.45) is 3.13. The first-order valence-electron chi connectivity index (χ1n) is 10.5. The number of nitrogens with two attached hydrogens (primary N) is 1. The zero-order chi connectivity index (χ0) is 24.9. The number of primary amides is 1. The molecule has 1 aliphatic rings. The fourth-order valence-electron chi connectivity index (χ4n) is 3.58. The molecule has 12 heteroatoms. The topological polar surface area (TPSA) is 134 Å². The summed E-state index contributed by atoms with van der Waals surface area (Å²) in [5, 5.41) is 4.92. The first-order valence-corrected chi connectivity index (χ1v) is 11.2. The number of amides is 2. The van der Waals surface area contributed by atoms with Crippen LogP contribution in [0.4, 0.5) is 5.69 Å². The fourth-order valence-corrected chi connectivity index (χ4v) is 3.89. The summed E-state index contributed by atoms with van der Waals surface area (Å²) < 4.78 is 1.23. The van der Waals surface area contributed by atoms with E-state index in [4.69, 9.17) is 28.9 Å². The number of nitrogens with zero attached hydrogens (tertiary/aromatic N) is 3. The summed E-state index contributed by atoms with van der Waals surface area (Å²) in [6, 6.07) is 14.7. The molecular weight excluding hydrogens is 493 g/mol. The quantitative estimate of drug-likeness (QED) is 0.337. The highest BCUT2D eigenvalue weighted by Crippen LogP contribution is 2.32. The first kappa shape index (κ1) is 24.3. The van der Waals surface area contributed by atoms with Crippen molar-refractivity contribution in [2.75, 3.05) is 11.6 Å². The molecule has 1 aliphatic heterocycles. The molecule has 0 unspecified atom stereocenters. The molecule has 0 bridgehead atoms. The van der Waals surface area contributed by atoms with Crippen molar-refractivity contribution in [2.45, 2.75) is 12.5 Å². The van der Waals surface area contributed by atoms with E-state index >= 15 is 0 Å². The second kappa shape index (κ2) is 10.6. The number of hydrazine groups is 2. The molecule has 0 spiro atoms. The third-order valence-corrected chi connectivity index (χ3v) is 5.64. The summed E-state index contributed by atoms with van der Waals surface area (Å²) in [5.41, 5.74) is 12.7. The van der Waals surface area contributed by atoms with Gasteiger partial charge >= 0.3 is 0 Å². The molecule has 2 aromatic carbocycles. The van der Waals surface area contributed by atoms with Crippen molar-refractivity contribution in [3.63, 3.8) is 0 Å². The molecular formula is C23H21Cl2N7O3. The molecule has 0 radical (unpaired) electrons. The van der Waals surface area contributed by atoms with Gasteiger partial charge in [-0.2, -0.15) is 0 Å². The van der Waals surface area contributed by atoms with Gasteiger partial charge in [0.1, 0.15) is 11.2 Å². The number of carbonyl (C=O) groups is 2. The minimum Gasteiger partial charge on any atom is -0.368 e. The molecule has 0 saturated carbocycles. The molecule has 10 nitrogen and oxygen atoms in total. The third-order valence-electron chi connectivity index (χ3n) is 5.22. The van der Waals surface area contributed by atoms with Gasteiger partial charge in [-0.1, -0.05) is 53.5 Å². The third kappa shape index (κ3) is 5.80. The van der Waals surface area contributed by atoms with Crippen LogP contribution in [0, 0.1) is 0 Å². The number of aromatic nitrogens is 2. The molecule has 2 amide bonds. The first-order chi connectivity index (χ1) is 16.8. The predicted molar refractivity (Wildman–Crippen MR) is 133 cm³/mol. The van der Waals surface area contributed by atoms with Crippen LogP contribution < -0.4 is 32.6 Å². The maximum Gasteiger partial charge on any atom is 0.254 e. The Kier molecular flexibility index (Phi) is 7.35. The van der Waals surface area contributed by atoms with Gasteiger partial charge in [0.15, 0.2) is 0 Å². The average molecular weight is 514 g/mol. The predicted octanol–water partition coefficient (Wildman–Crippen LogP) is 1.82. The van der Waals surface area contributed by atoms with Gasteiger partial charge in [-0.25, -0.2) is 4.98 Å². The Morgan fingerprint density at radius 1 is 1.11 bits per heavy atom. The molecule has 1 aromatic heterocycles. The van der Waals surface area contributed by atoms with E-state index in [-0.39, 0.29) is 13.0 Å². The Balaban J connectivity index is 1.71. The van der Waals surface area contributed by atoms with Gasteiger partial charge in [-0.15, -0.1) is 5.53 Å². The van der Waals surface area contributed by atoms with E-state index in [1.165, 1.54) is 17.0 Å². The Bertz CT molecular complexity index is 1340. The van der Waals surface area contributed by atoms with E-state index in [0.717, 1.165) is 5.56 Å². The lowest BCUT2D eigenvalue weighted by Gasteiger charge is -2.21. The van der Waals surface area contributed by atoms with Crippen molar-refractivity contribution in [1.29, 1.82) is 0 Å². The van der Waals surface area contributed by atoms with E-state index in [1.807, 2.05) is 30.3 Å². The highest BCUT2D eigenvalue weighted by atomic mass is 35.5. The molecule has 180 valence electrons. The number of halogens is 2. The number of anilines is 1. The molecule has 2 heterocycles. The average Bonchev–Trinajstić information content (AvgIpc) is 3.27. The van der Waals surface area contributed by atoms with Crippen molar-refractivity contribution in [3.8, 4) is 11.3 Å². The van der Waals surface area contributed by atoms with Crippen LogP contribution in [0.25, 0.3) is 11.3 Å². The molecule has 35 heavy (non-hydrogen) atoms. The summed E-state index contributed by atoms with van der Waals surface area (Å²) in [7, 11) is 0. The Morgan fingerprint density at radius 2 is 1.89 bits per heavy atom. The summed E-state index contributed by atoms with van der Waals surface area (Å²) >= 11 is 12.2. The van der Waals surface area contributed by atoms with E-state index in [0.29, 0.717) is 27.1 Å². The fraction of sp³-hybridized carbons (Fsp3) is 0.130. The van der Waals surface area contributed by atoms with Crippen molar-refractivity contribution in [3.05, 3.63) is 93.2 Å². The van der Waals surface area contributed by atoms with Gasteiger partial charge in [0.25, 0.3) is 5.56 Å². The van der Waals surface area contributed by atoms with Crippen LogP contribution in [0.1, 0.15) is 11.6 Å². The molecule has 3 aromatic rings. The van der Waals surface area contributed by atoms with Crippen LogP contribution in [-0.4, -0.2) is 27.9 Å². The van der Waals surface area contributed by atoms with Crippen LogP contribution >= 0.6 is 23.2 Å². The van der Waals surface area contributed by atoms with Crippen LogP contribution in [0.15, 0.2) is 77.1 Å². The van der Waals surface area contributed by atoms with Crippen LogP contribution in [0.2, 0.25) is 5.02 Å². The van der Waals surface area contributed by atoms with E-state index in [1.54, 1.807) is 29.4 Å². The number of nitrogens with one attached hydrogen (secondary N) is 3. The van der Waals surface area contributed by atoms with E-state index < -0.39 is 23.4 Å². The second-order valence-electron chi connectivity index (χ2n) is 7.65. The molecule has 4 rings (SSSR count). The lowest BCUT2D eigenvalue weighted by molar-refractivity contribution is -0.127. The molecule has 0 saturated heterocycles. The molecule has 0 fully saturated rings. The molecule has 1 atom stereocenters. The number of benzene rings is 2. The zero-order valence-electron chi connectivity index (χ0n) is 18.2. The van der Waals surface area contributed by atoms with E-state index in [9.17, 15) is 14.4 Å². The van der Waals surface area contributed by atoms with Gasteiger partial charge in [-0.05, 0) is 23.8 Å². The number of hydrogen-bond donors (Lipinski definition) is 4. The summed E-state index contributed by atoms with van der Waals surface area (Å²) in [4.78, 5) is 41.7. The maximum absolute atomic E-state index is 13.2. The van der Waals surface area contributed by atoms with Crippen molar-refractivity contribution in [2.24, 2.45) is 5.73 Å². The molecule has 5 N–H and O–H groups in total. The SMILES string of the molecule is NC(=O)CNC(=O)[C@H](Cc1ccccc1)n1cnc(-c2cc(Cl)ccc2N2C=C(Cl)NN2)cc1=O. The number of hydrogen-bond acceptors (Lipinski definition) is 7. The highest BCUT2D eigenvalue weighted by molar-refractivity contribution is 6.31. The van der Waals surface area contributed by atoms with Gasteiger partial charge in [0.2, 0.25) is 11.8 Å². The number of rotatable bonds is 8. The Morgan fingerprint density at radius 3 is 2.54 bits per heavy atom. The Hall–Kier alpha value is -3.86. The van der Waals surface area contributed by atoms with Crippen molar-refractivity contribution >= 4 is 40.7 Å². The van der Waals surface area contributed by atoms with Gasteiger partial charge in [-0.3, -0.25) is 29.4 Å². The standard InChI is InChI=1S/C23H21Cl2N7O3/c24-15-6-7-18(32-12-20(25)29-30-32)16(9-15)17-10-22(34)31(13-28-17)19(23(35)27-11-21(26)33)8-14-4-2-1-3-5-14/h1-7,9-10,12-13,19,29-30H,8,11H2,(H2,26,33)(H,27,35)/t19-/m0/s1.